The van der Waals surface area contributed by atoms with E-state index in [9.17, 15) is 0 Å². The number of nitrogens with one attached hydrogen (secondary N) is 1. The van der Waals surface area contributed by atoms with E-state index in [-0.39, 0.29) is 5.41 Å². The highest BCUT2D eigenvalue weighted by Crippen LogP contribution is 2.23. The van der Waals surface area contributed by atoms with Crippen molar-refractivity contribution in [1.29, 1.82) is 0 Å². The number of methoxy groups -OCH3 is 1. The van der Waals surface area contributed by atoms with Crippen LogP contribution < -0.4 is 11.1 Å². The molecule has 0 amide bonds. The van der Waals surface area contributed by atoms with Crippen molar-refractivity contribution in [3.05, 3.63) is 11.9 Å². The van der Waals surface area contributed by atoms with E-state index < -0.39 is 0 Å². The zero-order valence-corrected chi connectivity index (χ0v) is 11.8. The molecule has 0 fully saturated rings. The Kier molecular flexibility index (Phi) is 5.34. The van der Waals surface area contributed by atoms with Crippen molar-refractivity contribution in [2.75, 3.05) is 31.3 Å². The van der Waals surface area contributed by atoms with E-state index in [0.29, 0.717) is 5.82 Å². The molecule has 0 aliphatic carbocycles. The topological polar surface area (TPSA) is 73.1 Å². The second-order valence-electron chi connectivity index (χ2n) is 5.20. The van der Waals surface area contributed by atoms with Crippen LogP contribution in [0.5, 0.6) is 0 Å². The summed E-state index contributed by atoms with van der Waals surface area (Å²) < 4.78 is 5.12. The molecule has 0 saturated heterocycles. The van der Waals surface area contributed by atoms with Crippen LogP contribution >= 0.6 is 0 Å². The lowest BCUT2D eigenvalue weighted by Gasteiger charge is -2.25. The highest BCUT2D eigenvalue weighted by Gasteiger charge is 2.18. The maximum Gasteiger partial charge on any atom is 0.134 e. The van der Waals surface area contributed by atoms with Gasteiger partial charge in [-0.15, -0.1) is 0 Å². The standard InChI is InChI=1S/C13H24N4O/c1-5-10-11(14)16-9-17-12(10)15-8-13(2,3)6-7-18-4/h9H,5-8H2,1-4H3,(H3,14,15,16,17). The van der Waals surface area contributed by atoms with Gasteiger partial charge in [-0.3, -0.25) is 0 Å². The Bertz CT molecular complexity index is 379. The number of hydrogen-bond acceptors (Lipinski definition) is 5. The first-order valence-electron chi connectivity index (χ1n) is 6.32. The zero-order chi connectivity index (χ0) is 13.6. The van der Waals surface area contributed by atoms with Crippen molar-refractivity contribution < 1.29 is 4.74 Å². The molecule has 0 aromatic carbocycles. The van der Waals surface area contributed by atoms with Gasteiger partial charge in [-0.1, -0.05) is 20.8 Å². The third-order valence-electron chi connectivity index (χ3n) is 3.05. The summed E-state index contributed by atoms with van der Waals surface area (Å²) in [6.45, 7) is 8.06. The van der Waals surface area contributed by atoms with Crippen LogP contribution in [0, 0.1) is 5.41 Å². The number of hydrogen-bond donors (Lipinski definition) is 2. The molecule has 5 nitrogen and oxygen atoms in total. The minimum absolute atomic E-state index is 0.154. The van der Waals surface area contributed by atoms with Crippen molar-refractivity contribution in [1.82, 2.24) is 9.97 Å². The summed E-state index contributed by atoms with van der Waals surface area (Å²) in [4.78, 5) is 8.27. The Morgan fingerprint density at radius 3 is 2.72 bits per heavy atom. The van der Waals surface area contributed by atoms with E-state index in [1.54, 1.807) is 7.11 Å². The van der Waals surface area contributed by atoms with Gasteiger partial charge in [0, 0.05) is 25.8 Å². The maximum absolute atomic E-state index is 5.84. The van der Waals surface area contributed by atoms with Gasteiger partial charge in [-0.25, -0.2) is 9.97 Å². The number of ether oxygens (including phenoxy) is 1. The Balaban J connectivity index is 2.65. The summed E-state index contributed by atoms with van der Waals surface area (Å²) in [6.07, 6.45) is 3.32. The highest BCUT2D eigenvalue weighted by atomic mass is 16.5. The Hall–Kier alpha value is -1.36. The predicted molar refractivity (Wildman–Crippen MR) is 74.6 cm³/mol. The molecule has 0 aliphatic heterocycles. The monoisotopic (exact) mass is 252 g/mol. The third kappa shape index (κ3) is 4.14. The molecular weight excluding hydrogens is 228 g/mol. The first kappa shape index (κ1) is 14.7. The number of aromatic nitrogens is 2. The Morgan fingerprint density at radius 2 is 2.11 bits per heavy atom. The summed E-state index contributed by atoms with van der Waals surface area (Å²) in [7, 11) is 1.73. The Labute approximate surface area is 109 Å². The minimum Gasteiger partial charge on any atom is -0.385 e. The summed E-state index contributed by atoms with van der Waals surface area (Å²) in [5.74, 6) is 1.40. The lowest BCUT2D eigenvalue weighted by atomic mass is 9.89. The molecule has 1 heterocycles. The second-order valence-corrected chi connectivity index (χ2v) is 5.20. The first-order valence-corrected chi connectivity index (χ1v) is 6.32. The highest BCUT2D eigenvalue weighted by molar-refractivity contribution is 5.54. The molecule has 1 aromatic rings. The van der Waals surface area contributed by atoms with Gasteiger partial charge in [-0.05, 0) is 18.3 Å². The molecule has 0 unspecified atom stereocenters. The van der Waals surface area contributed by atoms with E-state index in [1.807, 2.05) is 0 Å². The maximum atomic E-state index is 5.84. The van der Waals surface area contributed by atoms with Gasteiger partial charge in [0.2, 0.25) is 0 Å². The van der Waals surface area contributed by atoms with Crippen LogP contribution in [-0.2, 0) is 11.2 Å². The molecule has 0 spiro atoms. The van der Waals surface area contributed by atoms with Crippen LogP contribution in [0.3, 0.4) is 0 Å². The summed E-state index contributed by atoms with van der Waals surface area (Å²) >= 11 is 0. The van der Waals surface area contributed by atoms with Crippen LogP contribution in [0.25, 0.3) is 0 Å². The van der Waals surface area contributed by atoms with Gasteiger partial charge in [0.15, 0.2) is 0 Å². The molecule has 102 valence electrons. The average molecular weight is 252 g/mol. The van der Waals surface area contributed by atoms with Gasteiger partial charge < -0.3 is 15.8 Å². The fraction of sp³-hybridized carbons (Fsp3) is 0.692. The van der Waals surface area contributed by atoms with Crippen molar-refractivity contribution in [3.63, 3.8) is 0 Å². The summed E-state index contributed by atoms with van der Waals surface area (Å²) in [5, 5.41) is 3.37. The quantitative estimate of drug-likeness (QED) is 0.777. The number of rotatable bonds is 7. The Morgan fingerprint density at radius 1 is 1.39 bits per heavy atom. The van der Waals surface area contributed by atoms with Gasteiger partial charge in [0.1, 0.15) is 18.0 Å². The fourth-order valence-corrected chi connectivity index (χ4v) is 1.72. The fourth-order valence-electron chi connectivity index (χ4n) is 1.72. The van der Waals surface area contributed by atoms with E-state index in [0.717, 1.165) is 37.4 Å². The van der Waals surface area contributed by atoms with Gasteiger partial charge in [0.25, 0.3) is 0 Å². The van der Waals surface area contributed by atoms with Crippen LogP contribution in [0.1, 0.15) is 32.8 Å². The minimum atomic E-state index is 0.154. The van der Waals surface area contributed by atoms with Crippen LogP contribution in [0.2, 0.25) is 0 Å². The molecular formula is C13H24N4O. The lowest BCUT2D eigenvalue weighted by Crippen LogP contribution is -2.25. The van der Waals surface area contributed by atoms with Crippen LogP contribution in [-0.4, -0.2) is 30.2 Å². The lowest BCUT2D eigenvalue weighted by molar-refractivity contribution is 0.157. The molecule has 3 N–H and O–H groups in total. The molecule has 5 heteroatoms. The number of anilines is 2. The summed E-state index contributed by atoms with van der Waals surface area (Å²) in [5.41, 5.74) is 6.98. The molecule has 0 saturated carbocycles. The third-order valence-corrected chi connectivity index (χ3v) is 3.05. The van der Waals surface area contributed by atoms with Crippen molar-refractivity contribution >= 4 is 11.6 Å². The molecule has 1 rings (SSSR count). The van der Waals surface area contributed by atoms with Crippen molar-refractivity contribution in [2.24, 2.45) is 5.41 Å². The molecule has 0 radical (unpaired) electrons. The van der Waals surface area contributed by atoms with Crippen molar-refractivity contribution in [3.8, 4) is 0 Å². The second kappa shape index (κ2) is 6.54. The van der Waals surface area contributed by atoms with E-state index in [4.69, 9.17) is 10.5 Å². The number of nitrogens with two attached hydrogens (primary N) is 1. The van der Waals surface area contributed by atoms with E-state index >= 15 is 0 Å². The van der Waals surface area contributed by atoms with Gasteiger partial charge in [0.05, 0.1) is 0 Å². The predicted octanol–water partition coefficient (Wildman–Crippen LogP) is 2.10. The van der Waals surface area contributed by atoms with Crippen molar-refractivity contribution in [2.45, 2.75) is 33.6 Å². The first-order chi connectivity index (χ1) is 8.50. The van der Waals surface area contributed by atoms with Gasteiger partial charge >= 0.3 is 0 Å². The van der Waals surface area contributed by atoms with E-state index in [1.165, 1.54) is 6.33 Å². The molecule has 0 atom stereocenters. The average Bonchev–Trinajstić information content (AvgIpc) is 2.34. The summed E-state index contributed by atoms with van der Waals surface area (Å²) in [6, 6.07) is 0. The SMILES string of the molecule is CCc1c(N)ncnc1NCC(C)(C)CCOC. The van der Waals surface area contributed by atoms with Gasteiger partial charge in [-0.2, -0.15) is 0 Å². The van der Waals surface area contributed by atoms with Crippen LogP contribution in [0.15, 0.2) is 6.33 Å². The van der Waals surface area contributed by atoms with Crippen LogP contribution in [0.4, 0.5) is 11.6 Å². The largest absolute Gasteiger partial charge is 0.385 e. The molecule has 0 bridgehead atoms. The zero-order valence-electron chi connectivity index (χ0n) is 11.8. The normalized spacial score (nSPS) is 11.6. The molecule has 1 aromatic heterocycles. The smallest absolute Gasteiger partial charge is 0.134 e. The van der Waals surface area contributed by atoms with E-state index in [2.05, 4.69) is 36.1 Å². The molecule has 0 aliphatic rings. The number of nitrogen functional groups attached to an aromatic ring is 1. The molecule has 18 heavy (non-hydrogen) atoms. The number of nitrogens with zero attached hydrogens (tertiary/aromatic N) is 2.